The normalized spacial score (nSPS) is 18.7. The van der Waals surface area contributed by atoms with Crippen molar-refractivity contribution in [3.8, 4) is 0 Å². The Hall–Kier alpha value is -0.950. The smallest absolute Gasteiger partial charge is 0.0829 e. The number of rotatable bonds is 0. The summed E-state index contributed by atoms with van der Waals surface area (Å²) in [5.74, 6) is 0. The van der Waals surface area contributed by atoms with Gasteiger partial charge in [0.1, 0.15) is 0 Å². The third-order valence-corrected chi connectivity index (χ3v) is 2.85. The maximum Gasteiger partial charge on any atom is 0.0829 e. The molecular weight excluding hydrogens is 184 g/mol. The average molecular weight is 195 g/mol. The lowest BCUT2D eigenvalue weighted by Gasteiger charge is -2.18. The second-order valence-corrected chi connectivity index (χ2v) is 3.68. The molecule has 1 aromatic carbocycles. The molecule has 2 heteroatoms. The van der Waals surface area contributed by atoms with Crippen molar-refractivity contribution < 1.29 is 5.11 Å². The van der Waals surface area contributed by atoms with E-state index in [0.29, 0.717) is 0 Å². The number of hydrogen-bond donors (Lipinski definition) is 1. The highest BCUT2D eigenvalue weighted by Gasteiger charge is 2.15. The van der Waals surface area contributed by atoms with Gasteiger partial charge in [-0.2, -0.15) is 0 Å². The Labute approximate surface area is 82.7 Å². The van der Waals surface area contributed by atoms with E-state index in [-0.39, 0.29) is 0 Å². The highest BCUT2D eigenvalue weighted by atomic mass is 35.5. The van der Waals surface area contributed by atoms with E-state index in [0.717, 1.165) is 35.4 Å². The summed E-state index contributed by atoms with van der Waals surface area (Å²) < 4.78 is 0. The van der Waals surface area contributed by atoms with Crippen molar-refractivity contribution in [3.63, 3.8) is 0 Å². The molecule has 0 fully saturated rings. The Kier molecular flexibility index (Phi) is 2.28. The lowest BCUT2D eigenvalue weighted by molar-refractivity contribution is 0.473. The number of benzene rings is 1. The summed E-state index contributed by atoms with van der Waals surface area (Å²) >= 11 is 6.06. The third kappa shape index (κ3) is 1.44. The van der Waals surface area contributed by atoms with E-state index in [1.54, 1.807) is 0 Å². The van der Waals surface area contributed by atoms with E-state index in [4.69, 9.17) is 16.7 Å². The summed E-state index contributed by atoms with van der Waals surface area (Å²) in [5.41, 5.74) is 3.29. The summed E-state index contributed by atoms with van der Waals surface area (Å²) in [6.45, 7) is 0. The van der Waals surface area contributed by atoms with Crippen molar-refractivity contribution in [1.82, 2.24) is 0 Å². The Morgan fingerprint density at radius 2 is 2.15 bits per heavy atom. The van der Waals surface area contributed by atoms with E-state index < -0.39 is 0 Å². The van der Waals surface area contributed by atoms with Crippen LogP contribution < -0.4 is 0 Å². The van der Waals surface area contributed by atoms with Crippen LogP contribution in [0.4, 0.5) is 0 Å². The topological polar surface area (TPSA) is 20.2 Å². The number of aliphatic hydroxyl groups is 1. The second-order valence-electron chi connectivity index (χ2n) is 3.27. The first-order valence-electron chi connectivity index (χ1n) is 4.44. The molecule has 1 aromatic rings. The lowest BCUT2D eigenvalue weighted by Crippen LogP contribution is -2.02. The molecule has 0 saturated carbocycles. The van der Waals surface area contributed by atoms with Crippen molar-refractivity contribution in [2.24, 2.45) is 0 Å². The third-order valence-electron chi connectivity index (χ3n) is 2.49. The number of hydrogen-bond acceptors (Lipinski definition) is 1. The summed E-state index contributed by atoms with van der Waals surface area (Å²) in [6.07, 6.45) is 4.24. The molecule has 0 amide bonds. The Morgan fingerprint density at radius 3 is 2.92 bits per heavy atom. The lowest BCUT2D eigenvalue weighted by atomic mass is 9.88. The van der Waals surface area contributed by atoms with Gasteiger partial charge in [0.05, 0.1) is 6.26 Å². The van der Waals surface area contributed by atoms with Crippen LogP contribution in [0.15, 0.2) is 24.5 Å². The second kappa shape index (κ2) is 3.43. The van der Waals surface area contributed by atoms with E-state index in [1.807, 2.05) is 18.2 Å². The van der Waals surface area contributed by atoms with Gasteiger partial charge in [-0.05, 0) is 42.0 Å². The first-order chi connectivity index (χ1) is 6.33. The SMILES string of the molecule is O/C=C1\CCCc2c(Cl)cccc21. The van der Waals surface area contributed by atoms with Gasteiger partial charge in [0.15, 0.2) is 0 Å². The molecule has 1 aliphatic carbocycles. The van der Waals surface area contributed by atoms with Crippen LogP contribution in [-0.2, 0) is 6.42 Å². The Balaban J connectivity index is 2.58. The van der Waals surface area contributed by atoms with Gasteiger partial charge in [-0.15, -0.1) is 0 Å². The fraction of sp³-hybridized carbons (Fsp3) is 0.273. The molecule has 0 spiro atoms. The van der Waals surface area contributed by atoms with E-state index in [9.17, 15) is 0 Å². The highest BCUT2D eigenvalue weighted by Crippen LogP contribution is 2.34. The van der Waals surface area contributed by atoms with Crippen LogP contribution >= 0.6 is 11.6 Å². The number of aliphatic hydroxyl groups excluding tert-OH is 1. The number of fused-ring (bicyclic) bond motifs is 1. The maximum atomic E-state index is 9.02. The summed E-state index contributed by atoms with van der Waals surface area (Å²) in [7, 11) is 0. The minimum Gasteiger partial charge on any atom is -0.515 e. The molecule has 1 nitrogen and oxygen atoms in total. The molecule has 0 unspecified atom stereocenters. The molecule has 0 saturated heterocycles. The monoisotopic (exact) mass is 194 g/mol. The molecule has 1 N–H and O–H groups in total. The summed E-state index contributed by atoms with van der Waals surface area (Å²) in [4.78, 5) is 0. The molecule has 0 aliphatic heterocycles. The van der Waals surface area contributed by atoms with Crippen molar-refractivity contribution in [1.29, 1.82) is 0 Å². The molecule has 68 valence electrons. The van der Waals surface area contributed by atoms with Crippen molar-refractivity contribution in [2.45, 2.75) is 19.3 Å². The molecular formula is C11H11ClO. The summed E-state index contributed by atoms with van der Waals surface area (Å²) in [5, 5.41) is 9.84. The first kappa shape index (κ1) is 8.64. The zero-order valence-electron chi connectivity index (χ0n) is 7.26. The molecule has 0 aromatic heterocycles. The van der Waals surface area contributed by atoms with Gasteiger partial charge in [0.2, 0.25) is 0 Å². The van der Waals surface area contributed by atoms with Crippen LogP contribution in [0.2, 0.25) is 5.02 Å². The fourth-order valence-corrected chi connectivity index (χ4v) is 2.11. The van der Waals surface area contributed by atoms with Crippen LogP contribution in [0.1, 0.15) is 24.0 Å². The van der Waals surface area contributed by atoms with Crippen molar-refractivity contribution >= 4 is 17.2 Å². The quantitative estimate of drug-likeness (QED) is 0.626. The molecule has 0 heterocycles. The molecule has 2 rings (SSSR count). The Bertz CT molecular complexity index is 355. The maximum absolute atomic E-state index is 9.02. The van der Waals surface area contributed by atoms with E-state index >= 15 is 0 Å². The van der Waals surface area contributed by atoms with Gasteiger partial charge in [-0.25, -0.2) is 0 Å². The summed E-state index contributed by atoms with van der Waals surface area (Å²) in [6, 6.07) is 5.85. The van der Waals surface area contributed by atoms with Gasteiger partial charge in [0, 0.05) is 5.02 Å². The van der Waals surface area contributed by atoms with Crippen LogP contribution in [0.3, 0.4) is 0 Å². The number of halogens is 1. The average Bonchev–Trinajstić information content (AvgIpc) is 2.18. The van der Waals surface area contributed by atoms with Crippen LogP contribution in [0.5, 0.6) is 0 Å². The van der Waals surface area contributed by atoms with Gasteiger partial charge in [-0.1, -0.05) is 23.7 Å². The van der Waals surface area contributed by atoms with Gasteiger partial charge >= 0.3 is 0 Å². The molecule has 0 atom stereocenters. The minimum atomic E-state index is 0.816. The zero-order valence-corrected chi connectivity index (χ0v) is 8.01. The largest absolute Gasteiger partial charge is 0.515 e. The standard InChI is InChI=1S/C11H11ClO/c12-11-6-2-4-9-8(7-13)3-1-5-10(9)11/h2,4,6-7,13H,1,3,5H2/b8-7+. The van der Waals surface area contributed by atoms with Crippen molar-refractivity contribution in [3.05, 3.63) is 40.6 Å². The predicted molar refractivity (Wildman–Crippen MR) is 55.0 cm³/mol. The number of allylic oxidation sites excluding steroid dienone is 1. The van der Waals surface area contributed by atoms with Gasteiger partial charge in [0.25, 0.3) is 0 Å². The van der Waals surface area contributed by atoms with Crippen molar-refractivity contribution in [2.75, 3.05) is 0 Å². The van der Waals surface area contributed by atoms with Crippen LogP contribution in [-0.4, -0.2) is 5.11 Å². The highest BCUT2D eigenvalue weighted by molar-refractivity contribution is 6.31. The molecule has 0 radical (unpaired) electrons. The predicted octanol–water partition coefficient (Wildman–Crippen LogP) is 3.58. The van der Waals surface area contributed by atoms with Crippen LogP contribution in [0, 0.1) is 0 Å². The molecule has 13 heavy (non-hydrogen) atoms. The van der Waals surface area contributed by atoms with E-state index in [1.165, 1.54) is 11.8 Å². The van der Waals surface area contributed by atoms with Gasteiger partial charge in [-0.3, -0.25) is 0 Å². The van der Waals surface area contributed by atoms with Crippen LogP contribution in [0.25, 0.3) is 5.57 Å². The Morgan fingerprint density at radius 1 is 1.31 bits per heavy atom. The molecule has 1 aliphatic rings. The van der Waals surface area contributed by atoms with E-state index in [2.05, 4.69) is 0 Å². The minimum absolute atomic E-state index is 0.816. The fourth-order valence-electron chi connectivity index (χ4n) is 1.84. The first-order valence-corrected chi connectivity index (χ1v) is 4.81. The molecule has 0 bridgehead atoms. The van der Waals surface area contributed by atoms with Gasteiger partial charge < -0.3 is 5.11 Å². The zero-order chi connectivity index (χ0) is 9.26.